The molecule has 0 saturated carbocycles. The van der Waals surface area contributed by atoms with Gasteiger partial charge in [-0.25, -0.2) is 0 Å². The number of hydrogen-bond donors (Lipinski definition) is 0. The summed E-state index contributed by atoms with van der Waals surface area (Å²) in [6, 6.07) is 8.06. The first kappa shape index (κ1) is 16.1. The van der Waals surface area contributed by atoms with Crippen LogP contribution in [-0.2, 0) is 19.1 Å². The predicted octanol–water partition coefficient (Wildman–Crippen LogP) is 2.55. The van der Waals surface area contributed by atoms with Crippen molar-refractivity contribution in [3.8, 4) is 0 Å². The molecule has 1 rings (SSSR count). The van der Waals surface area contributed by atoms with E-state index in [9.17, 15) is 9.59 Å². The van der Waals surface area contributed by atoms with E-state index in [1.807, 2.05) is 43.3 Å². The van der Waals surface area contributed by atoms with E-state index in [0.29, 0.717) is 13.2 Å². The van der Waals surface area contributed by atoms with Gasteiger partial charge in [0.05, 0.1) is 20.3 Å². The number of Topliss-reactive ketones (excluding diaryl/α,β-unsaturated/α-hetero) is 1. The third-order valence-electron chi connectivity index (χ3n) is 2.79. The molecule has 0 bridgehead atoms. The highest BCUT2D eigenvalue weighted by Gasteiger charge is 2.08. The Hall–Kier alpha value is -1.94. The first-order valence-electron chi connectivity index (χ1n) is 6.52. The van der Waals surface area contributed by atoms with Gasteiger partial charge in [0.15, 0.2) is 0 Å². The molecule has 0 radical (unpaired) electrons. The fourth-order valence-corrected chi connectivity index (χ4v) is 1.61. The van der Waals surface area contributed by atoms with Crippen LogP contribution < -0.4 is 0 Å². The van der Waals surface area contributed by atoms with Crippen LogP contribution in [0.5, 0.6) is 0 Å². The summed E-state index contributed by atoms with van der Waals surface area (Å²) in [5, 5.41) is 0. The molecule has 1 aromatic carbocycles. The summed E-state index contributed by atoms with van der Waals surface area (Å²) >= 11 is 0. The molecule has 108 valence electrons. The van der Waals surface area contributed by atoms with E-state index in [1.54, 1.807) is 0 Å². The molecule has 20 heavy (non-hydrogen) atoms. The van der Waals surface area contributed by atoms with Crippen LogP contribution in [0.3, 0.4) is 0 Å². The topological polar surface area (TPSA) is 52.6 Å². The van der Waals surface area contributed by atoms with Crippen molar-refractivity contribution in [2.24, 2.45) is 0 Å². The lowest BCUT2D eigenvalue weighted by molar-refractivity contribution is -0.143. The van der Waals surface area contributed by atoms with Crippen molar-refractivity contribution in [1.82, 2.24) is 0 Å². The molecule has 0 atom stereocenters. The Morgan fingerprint density at radius 2 is 2.00 bits per heavy atom. The van der Waals surface area contributed by atoms with Gasteiger partial charge in [-0.1, -0.05) is 36.4 Å². The number of rotatable bonds is 8. The van der Waals surface area contributed by atoms with Gasteiger partial charge >= 0.3 is 5.97 Å². The second-order valence-electron chi connectivity index (χ2n) is 4.38. The minimum Gasteiger partial charge on any atom is -0.469 e. The highest BCUT2D eigenvalue weighted by Crippen LogP contribution is 2.08. The number of hydrogen-bond acceptors (Lipinski definition) is 4. The number of benzene rings is 1. The van der Waals surface area contributed by atoms with Crippen molar-refractivity contribution in [2.75, 3.05) is 20.3 Å². The normalized spacial score (nSPS) is 10.7. The van der Waals surface area contributed by atoms with E-state index in [1.165, 1.54) is 12.7 Å². The van der Waals surface area contributed by atoms with Crippen LogP contribution in [0.25, 0.3) is 6.08 Å². The van der Waals surface area contributed by atoms with Crippen LogP contribution in [0.4, 0.5) is 0 Å². The SMILES string of the molecule is COC(=O)CC(=O)CCOC/C=C/c1ccccc1C. The van der Waals surface area contributed by atoms with Crippen molar-refractivity contribution < 1.29 is 19.1 Å². The first-order valence-corrected chi connectivity index (χ1v) is 6.52. The van der Waals surface area contributed by atoms with E-state index in [4.69, 9.17) is 4.74 Å². The van der Waals surface area contributed by atoms with Gasteiger partial charge in [0.1, 0.15) is 12.2 Å². The van der Waals surface area contributed by atoms with Gasteiger partial charge < -0.3 is 9.47 Å². The fraction of sp³-hybridized carbons (Fsp3) is 0.375. The molecule has 0 N–H and O–H groups in total. The van der Waals surface area contributed by atoms with Gasteiger partial charge in [-0.05, 0) is 18.1 Å². The maximum absolute atomic E-state index is 11.3. The number of carbonyl (C=O) groups excluding carboxylic acids is 2. The van der Waals surface area contributed by atoms with Crippen molar-refractivity contribution in [1.29, 1.82) is 0 Å². The minimum absolute atomic E-state index is 0.167. The molecule has 0 amide bonds. The Bertz CT molecular complexity index is 477. The molecular formula is C16H20O4. The minimum atomic E-state index is -0.505. The second-order valence-corrected chi connectivity index (χ2v) is 4.38. The standard InChI is InChI=1S/C16H20O4/c1-13-6-3-4-7-14(13)8-5-10-20-11-9-15(17)12-16(18)19-2/h3-8H,9-12H2,1-2H3/b8-5+. The van der Waals surface area contributed by atoms with Crippen molar-refractivity contribution >= 4 is 17.8 Å². The van der Waals surface area contributed by atoms with E-state index >= 15 is 0 Å². The molecule has 0 aliphatic heterocycles. The average Bonchev–Trinajstić information content (AvgIpc) is 2.44. The summed E-state index contributed by atoms with van der Waals surface area (Å²) in [5.74, 6) is -0.672. The third kappa shape index (κ3) is 6.29. The molecule has 0 heterocycles. The number of esters is 1. The van der Waals surface area contributed by atoms with Crippen molar-refractivity contribution in [3.05, 3.63) is 41.5 Å². The molecule has 0 aliphatic rings. The number of aryl methyl sites for hydroxylation is 1. The summed E-state index contributed by atoms with van der Waals surface area (Å²) in [5.41, 5.74) is 2.36. The predicted molar refractivity (Wildman–Crippen MR) is 77.3 cm³/mol. The van der Waals surface area contributed by atoms with Crippen LogP contribution in [0.15, 0.2) is 30.3 Å². The molecule has 0 unspecified atom stereocenters. The maximum Gasteiger partial charge on any atom is 0.313 e. The van der Waals surface area contributed by atoms with Gasteiger partial charge in [0, 0.05) is 6.42 Å². The van der Waals surface area contributed by atoms with Crippen LogP contribution in [0, 0.1) is 6.92 Å². The Morgan fingerprint density at radius 3 is 2.70 bits per heavy atom. The lowest BCUT2D eigenvalue weighted by Crippen LogP contribution is -2.11. The number of methoxy groups -OCH3 is 1. The van der Waals surface area contributed by atoms with Gasteiger partial charge in [-0.3, -0.25) is 9.59 Å². The second kappa shape index (κ2) is 9.04. The quantitative estimate of drug-likeness (QED) is 0.416. The summed E-state index contributed by atoms with van der Waals surface area (Å²) in [6.07, 6.45) is 3.95. The molecule has 0 fully saturated rings. The van der Waals surface area contributed by atoms with Crippen LogP contribution in [0.1, 0.15) is 24.0 Å². The van der Waals surface area contributed by atoms with Gasteiger partial charge in [0.25, 0.3) is 0 Å². The molecule has 4 nitrogen and oxygen atoms in total. The Morgan fingerprint density at radius 1 is 1.25 bits per heavy atom. The van der Waals surface area contributed by atoms with Crippen molar-refractivity contribution in [2.45, 2.75) is 19.8 Å². The Kier molecular flexibility index (Phi) is 7.29. The van der Waals surface area contributed by atoms with Crippen LogP contribution in [-0.4, -0.2) is 32.1 Å². The third-order valence-corrected chi connectivity index (χ3v) is 2.79. The van der Waals surface area contributed by atoms with E-state index in [0.717, 1.165) is 5.56 Å². The Labute approximate surface area is 119 Å². The fourth-order valence-electron chi connectivity index (χ4n) is 1.61. The number of carbonyl (C=O) groups is 2. The molecule has 0 saturated heterocycles. The van der Waals surface area contributed by atoms with Gasteiger partial charge in [-0.2, -0.15) is 0 Å². The Balaban J connectivity index is 2.18. The lowest BCUT2D eigenvalue weighted by Gasteiger charge is -2.01. The molecular weight excluding hydrogens is 256 g/mol. The molecule has 0 spiro atoms. The molecule has 4 heteroatoms. The van der Waals surface area contributed by atoms with Crippen LogP contribution >= 0.6 is 0 Å². The average molecular weight is 276 g/mol. The van der Waals surface area contributed by atoms with E-state index in [-0.39, 0.29) is 18.6 Å². The monoisotopic (exact) mass is 276 g/mol. The van der Waals surface area contributed by atoms with E-state index in [2.05, 4.69) is 4.74 Å². The highest BCUT2D eigenvalue weighted by molar-refractivity contribution is 5.95. The van der Waals surface area contributed by atoms with E-state index < -0.39 is 5.97 Å². The zero-order valence-electron chi connectivity index (χ0n) is 11.9. The molecule has 0 aliphatic carbocycles. The lowest BCUT2D eigenvalue weighted by atomic mass is 10.1. The van der Waals surface area contributed by atoms with Gasteiger partial charge in [-0.15, -0.1) is 0 Å². The highest BCUT2D eigenvalue weighted by atomic mass is 16.5. The number of ketones is 1. The molecule has 1 aromatic rings. The number of ether oxygens (including phenoxy) is 2. The first-order chi connectivity index (χ1) is 9.63. The molecule has 0 aromatic heterocycles. The summed E-state index contributed by atoms with van der Waals surface area (Å²) in [6.45, 7) is 2.81. The maximum atomic E-state index is 11.3. The summed E-state index contributed by atoms with van der Waals surface area (Å²) < 4.78 is 9.74. The summed E-state index contributed by atoms with van der Waals surface area (Å²) in [4.78, 5) is 22.2. The summed E-state index contributed by atoms with van der Waals surface area (Å²) in [7, 11) is 1.27. The smallest absolute Gasteiger partial charge is 0.313 e. The largest absolute Gasteiger partial charge is 0.469 e. The zero-order valence-corrected chi connectivity index (χ0v) is 11.9. The van der Waals surface area contributed by atoms with Crippen molar-refractivity contribution in [3.63, 3.8) is 0 Å². The van der Waals surface area contributed by atoms with Gasteiger partial charge in [0.2, 0.25) is 0 Å². The zero-order chi connectivity index (χ0) is 14.8. The van der Waals surface area contributed by atoms with Crippen LogP contribution in [0.2, 0.25) is 0 Å².